The lowest BCUT2D eigenvalue weighted by Gasteiger charge is -2.10. The first-order chi connectivity index (χ1) is 12.6. The van der Waals surface area contributed by atoms with Crippen molar-refractivity contribution < 1.29 is 14.3 Å². The number of hydrogen-bond donors (Lipinski definition) is 2. The van der Waals surface area contributed by atoms with Gasteiger partial charge in [-0.25, -0.2) is 5.43 Å². The molecule has 0 bridgehead atoms. The van der Waals surface area contributed by atoms with Gasteiger partial charge < -0.3 is 14.8 Å². The molecule has 0 aliphatic heterocycles. The Labute approximate surface area is 154 Å². The number of carbonyl (C=O) groups is 1. The SMILES string of the molecule is CCOc1ccc(/C=N\NC(=O)CNc2ccc(C)cc2)c(OCC)c1. The molecule has 0 aromatic heterocycles. The van der Waals surface area contributed by atoms with Gasteiger partial charge in [0.05, 0.1) is 26.0 Å². The largest absolute Gasteiger partial charge is 0.494 e. The number of aryl methyl sites for hydroxylation is 1. The highest BCUT2D eigenvalue weighted by atomic mass is 16.5. The van der Waals surface area contributed by atoms with Crippen LogP contribution in [0.5, 0.6) is 11.5 Å². The molecule has 6 nitrogen and oxygen atoms in total. The number of carbonyl (C=O) groups excluding carboxylic acids is 1. The molecule has 2 aromatic carbocycles. The van der Waals surface area contributed by atoms with Crippen LogP contribution in [0.2, 0.25) is 0 Å². The van der Waals surface area contributed by atoms with Crippen molar-refractivity contribution in [3.63, 3.8) is 0 Å². The summed E-state index contributed by atoms with van der Waals surface area (Å²) in [6, 6.07) is 13.3. The number of nitrogens with zero attached hydrogens (tertiary/aromatic N) is 1. The molecule has 0 atom stereocenters. The van der Waals surface area contributed by atoms with Gasteiger partial charge in [-0.15, -0.1) is 0 Å². The van der Waals surface area contributed by atoms with Crippen molar-refractivity contribution in [1.29, 1.82) is 0 Å². The van der Waals surface area contributed by atoms with Crippen LogP contribution in [0.1, 0.15) is 25.0 Å². The van der Waals surface area contributed by atoms with Crippen molar-refractivity contribution in [3.8, 4) is 11.5 Å². The van der Waals surface area contributed by atoms with Crippen molar-refractivity contribution in [2.24, 2.45) is 5.10 Å². The van der Waals surface area contributed by atoms with Crippen LogP contribution in [0.4, 0.5) is 5.69 Å². The maximum absolute atomic E-state index is 11.9. The van der Waals surface area contributed by atoms with E-state index in [2.05, 4.69) is 15.8 Å². The minimum Gasteiger partial charge on any atom is -0.494 e. The molecule has 0 spiro atoms. The van der Waals surface area contributed by atoms with E-state index in [1.54, 1.807) is 6.21 Å². The molecular weight excluding hydrogens is 330 g/mol. The van der Waals surface area contributed by atoms with E-state index in [1.165, 1.54) is 5.56 Å². The third-order valence-electron chi connectivity index (χ3n) is 3.49. The number of nitrogens with one attached hydrogen (secondary N) is 2. The first kappa shape index (κ1) is 19.3. The minimum absolute atomic E-state index is 0.141. The van der Waals surface area contributed by atoms with E-state index in [4.69, 9.17) is 9.47 Å². The standard InChI is InChI=1S/C20H25N3O3/c1-4-25-18-11-8-16(19(12-18)26-5-2)13-22-23-20(24)14-21-17-9-6-15(3)7-10-17/h6-13,21H,4-5,14H2,1-3H3,(H,23,24)/b22-13-. The summed E-state index contributed by atoms with van der Waals surface area (Å²) in [5.74, 6) is 1.17. The fraction of sp³-hybridized carbons (Fsp3) is 0.300. The van der Waals surface area contributed by atoms with Crippen LogP contribution in [0.25, 0.3) is 0 Å². The smallest absolute Gasteiger partial charge is 0.259 e. The van der Waals surface area contributed by atoms with Crippen molar-refractivity contribution in [3.05, 3.63) is 53.6 Å². The Morgan fingerprint density at radius 2 is 1.81 bits per heavy atom. The topological polar surface area (TPSA) is 72.0 Å². The van der Waals surface area contributed by atoms with Gasteiger partial charge in [0.2, 0.25) is 0 Å². The molecule has 0 aliphatic rings. The molecule has 2 rings (SSSR count). The van der Waals surface area contributed by atoms with Gasteiger partial charge in [-0.2, -0.15) is 5.10 Å². The number of hydrazone groups is 1. The Bertz CT molecular complexity index is 742. The third-order valence-corrected chi connectivity index (χ3v) is 3.49. The van der Waals surface area contributed by atoms with Crippen molar-refractivity contribution in [2.45, 2.75) is 20.8 Å². The Balaban J connectivity index is 1.90. The molecule has 0 fully saturated rings. The predicted octanol–water partition coefficient (Wildman–Crippen LogP) is 3.35. The van der Waals surface area contributed by atoms with Gasteiger partial charge in [0.1, 0.15) is 11.5 Å². The van der Waals surface area contributed by atoms with Crippen LogP contribution in [0.3, 0.4) is 0 Å². The number of benzene rings is 2. The van der Waals surface area contributed by atoms with E-state index in [0.29, 0.717) is 19.0 Å². The van der Waals surface area contributed by atoms with Crippen LogP contribution < -0.4 is 20.2 Å². The predicted molar refractivity (Wildman–Crippen MR) is 104 cm³/mol. The van der Waals surface area contributed by atoms with E-state index < -0.39 is 0 Å². The van der Waals surface area contributed by atoms with Gasteiger partial charge in [-0.1, -0.05) is 17.7 Å². The maximum atomic E-state index is 11.9. The number of hydrogen-bond acceptors (Lipinski definition) is 5. The lowest BCUT2D eigenvalue weighted by molar-refractivity contribution is -0.119. The zero-order valence-electron chi connectivity index (χ0n) is 15.4. The van der Waals surface area contributed by atoms with Crippen molar-refractivity contribution in [2.75, 3.05) is 25.1 Å². The lowest BCUT2D eigenvalue weighted by Crippen LogP contribution is -2.25. The van der Waals surface area contributed by atoms with Crippen LogP contribution in [-0.4, -0.2) is 31.9 Å². The lowest BCUT2D eigenvalue weighted by atomic mass is 10.2. The second kappa shape index (κ2) is 10.1. The Kier molecular flexibility index (Phi) is 7.49. The van der Waals surface area contributed by atoms with E-state index in [-0.39, 0.29) is 12.5 Å². The average Bonchev–Trinajstić information content (AvgIpc) is 2.63. The summed E-state index contributed by atoms with van der Waals surface area (Å²) in [7, 11) is 0. The number of rotatable bonds is 9. The number of anilines is 1. The summed E-state index contributed by atoms with van der Waals surface area (Å²) < 4.78 is 11.1. The monoisotopic (exact) mass is 355 g/mol. The summed E-state index contributed by atoms with van der Waals surface area (Å²) in [5, 5.41) is 7.05. The molecule has 0 unspecified atom stereocenters. The maximum Gasteiger partial charge on any atom is 0.259 e. The van der Waals surface area contributed by atoms with Crippen LogP contribution in [-0.2, 0) is 4.79 Å². The van der Waals surface area contributed by atoms with Crippen LogP contribution in [0, 0.1) is 6.92 Å². The molecule has 2 N–H and O–H groups in total. The number of amides is 1. The van der Waals surface area contributed by atoms with Crippen molar-refractivity contribution >= 4 is 17.8 Å². The Hall–Kier alpha value is -3.02. The molecular formula is C20H25N3O3. The molecule has 0 saturated heterocycles. The molecule has 0 radical (unpaired) electrons. The van der Waals surface area contributed by atoms with Gasteiger partial charge in [0.25, 0.3) is 5.91 Å². The summed E-state index contributed by atoms with van der Waals surface area (Å²) in [6.07, 6.45) is 1.56. The Morgan fingerprint density at radius 3 is 2.50 bits per heavy atom. The molecule has 6 heteroatoms. The van der Waals surface area contributed by atoms with E-state index in [9.17, 15) is 4.79 Å². The molecule has 26 heavy (non-hydrogen) atoms. The average molecular weight is 355 g/mol. The van der Waals surface area contributed by atoms with Gasteiger partial charge in [0.15, 0.2) is 0 Å². The molecule has 0 saturated carbocycles. The highest BCUT2D eigenvalue weighted by Gasteiger charge is 2.05. The zero-order chi connectivity index (χ0) is 18.8. The highest BCUT2D eigenvalue weighted by Crippen LogP contribution is 2.23. The van der Waals surface area contributed by atoms with Crippen LogP contribution in [0.15, 0.2) is 47.6 Å². The van der Waals surface area contributed by atoms with Crippen LogP contribution >= 0.6 is 0 Å². The molecule has 138 valence electrons. The van der Waals surface area contributed by atoms with Gasteiger partial charge in [-0.3, -0.25) is 4.79 Å². The molecule has 0 aliphatic carbocycles. The van der Waals surface area contributed by atoms with Gasteiger partial charge in [0, 0.05) is 17.3 Å². The number of ether oxygens (including phenoxy) is 2. The fourth-order valence-electron chi connectivity index (χ4n) is 2.23. The third kappa shape index (κ3) is 6.12. The van der Waals surface area contributed by atoms with E-state index >= 15 is 0 Å². The minimum atomic E-state index is -0.231. The van der Waals surface area contributed by atoms with Crippen molar-refractivity contribution in [1.82, 2.24) is 5.43 Å². The second-order valence-corrected chi connectivity index (χ2v) is 5.58. The molecule has 1 amide bonds. The van der Waals surface area contributed by atoms with E-state index in [1.807, 2.05) is 63.2 Å². The summed E-state index contributed by atoms with van der Waals surface area (Å²) >= 11 is 0. The quantitative estimate of drug-likeness (QED) is 0.534. The normalized spacial score (nSPS) is 10.6. The van der Waals surface area contributed by atoms with Gasteiger partial charge >= 0.3 is 0 Å². The summed E-state index contributed by atoms with van der Waals surface area (Å²) in [6.45, 7) is 7.11. The van der Waals surface area contributed by atoms with E-state index in [0.717, 1.165) is 17.0 Å². The summed E-state index contributed by atoms with van der Waals surface area (Å²) in [4.78, 5) is 11.9. The molecule has 2 aromatic rings. The fourth-order valence-corrected chi connectivity index (χ4v) is 2.23. The second-order valence-electron chi connectivity index (χ2n) is 5.58. The molecule has 0 heterocycles. The first-order valence-corrected chi connectivity index (χ1v) is 8.64. The first-order valence-electron chi connectivity index (χ1n) is 8.64. The van der Waals surface area contributed by atoms with Gasteiger partial charge in [-0.05, 0) is 45.0 Å². The zero-order valence-corrected chi connectivity index (χ0v) is 15.4. The summed E-state index contributed by atoms with van der Waals surface area (Å²) in [5.41, 5.74) is 5.33. The highest BCUT2D eigenvalue weighted by molar-refractivity contribution is 5.86. The Morgan fingerprint density at radius 1 is 1.08 bits per heavy atom.